The molecule has 0 radical (unpaired) electrons. The van der Waals surface area contributed by atoms with Crippen molar-refractivity contribution < 1.29 is 19.1 Å². The van der Waals surface area contributed by atoms with E-state index in [1.54, 1.807) is 23.7 Å². The van der Waals surface area contributed by atoms with Gasteiger partial charge in [0, 0.05) is 39.7 Å². The number of hydrogen-bond acceptors (Lipinski definition) is 6. The number of nitrogens with zero attached hydrogens (tertiary/aromatic N) is 2. The highest BCUT2D eigenvalue weighted by Crippen LogP contribution is 2.44. The highest BCUT2D eigenvalue weighted by atomic mass is 35.5. The quantitative estimate of drug-likeness (QED) is 0.539. The Hall–Kier alpha value is -3.84. The van der Waals surface area contributed by atoms with Gasteiger partial charge in [0.2, 0.25) is 0 Å². The molecule has 1 aliphatic heterocycles. The van der Waals surface area contributed by atoms with E-state index in [0.717, 1.165) is 11.3 Å². The van der Waals surface area contributed by atoms with Crippen molar-refractivity contribution in [1.82, 2.24) is 15.1 Å². The zero-order valence-corrected chi connectivity index (χ0v) is 19.8. The predicted octanol–water partition coefficient (Wildman–Crippen LogP) is 4.63. The summed E-state index contributed by atoms with van der Waals surface area (Å²) in [4.78, 5) is 25.9. The van der Waals surface area contributed by atoms with Gasteiger partial charge < -0.3 is 14.8 Å². The zero-order valence-electron chi connectivity index (χ0n) is 19.0. The number of halogens is 1. The molecule has 2 aromatic carbocycles. The van der Waals surface area contributed by atoms with Crippen molar-refractivity contribution in [3.8, 4) is 16.9 Å². The molecule has 2 atom stereocenters. The Kier molecular flexibility index (Phi) is 6.56. The van der Waals surface area contributed by atoms with Crippen molar-refractivity contribution in [1.29, 1.82) is 0 Å². The summed E-state index contributed by atoms with van der Waals surface area (Å²) in [5, 5.41) is 8.48. The number of ether oxygens (including phenoxy) is 2. The summed E-state index contributed by atoms with van der Waals surface area (Å²) in [7, 11) is 2.62. The van der Waals surface area contributed by atoms with Crippen LogP contribution in [0.15, 0.2) is 84.3 Å². The van der Waals surface area contributed by atoms with E-state index in [2.05, 4.69) is 11.9 Å². The van der Waals surface area contributed by atoms with Gasteiger partial charge in [-0.2, -0.15) is 5.10 Å². The van der Waals surface area contributed by atoms with Crippen molar-refractivity contribution in [2.45, 2.75) is 12.8 Å². The zero-order chi connectivity index (χ0) is 24.4. The van der Waals surface area contributed by atoms with Crippen LogP contribution in [0.5, 0.6) is 0 Å². The molecule has 3 aromatic rings. The van der Waals surface area contributed by atoms with Crippen LogP contribution in [-0.2, 0) is 19.1 Å². The van der Waals surface area contributed by atoms with E-state index in [9.17, 15) is 9.59 Å². The summed E-state index contributed by atoms with van der Waals surface area (Å²) < 4.78 is 11.9. The van der Waals surface area contributed by atoms with E-state index >= 15 is 0 Å². The molecule has 0 amide bonds. The van der Waals surface area contributed by atoms with Crippen LogP contribution in [0.3, 0.4) is 0 Å². The predicted molar refractivity (Wildman–Crippen MR) is 129 cm³/mol. The minimum atomic E-state index is -0.873. The molecule has 0 aliphatic carbocycles. The van der Waals surface area contributed by atoms with Crippen molar-refractivity contribution in [3.63, 3.8) is 0 Å². The maximum Gasteiger partial charge on any atom is 0.336 e. The first-order valence-corrected chi connectivity index (χ1v) is 11.0. The molecule has 4 rings (SSSR count). The summed E-state index contributed by atoms with van der Waals surface area (Å²) in [5.41, 5.74) is 4.16. The molecule has 34 heavy (non-hydrogen) atoms. The van der Waals surface area contributed by atoms with Crippen LogP contribution in [0.4, 0.5) is 0 Å². The molecule has 0 spiro atoms. The third-order valence-corrected chi connectivity index (χ3v) is 6.10. The highest BCUT2D eigenvalue weighted by Gasteiger charge is 2.44. The lowest BCUT2D eigenvalue weighted by Gasteiger charge is -2.34. The topological polar surface area (TPSA) is 82.5 Å². The number of esters is 2. The Bertz CT molecular complexity index is 1280. The number of para-hydroxylation sites is 1. The monoisotopic (exact) mass is 477 g/mol. The van der Waals surface area contributed by atoms with Crippen LogP contribution in [0, 0.1) is 5.92 Å². The second-order valence-electron chi connectivity index (χ2n) is 7.88. The van der Waals surface area contributed by atoms with Gasteiger partial charge in [-0.15, -0.1) is 0 Å². The number of allylic oxidation sites excluding steroid dienone is 1. The summed E-state index contributed by atoms with van der Waals surface area (Å²) >= 11 is 6.12. The van der Waals surface area contributed by atoms with E-state index in [4.69, 9.17) is 26.2 Å². The van der Waals surface area contributed by atoms with Crippen molar-refractivity contribution >= 4 is 23.5 Å². The number of rotatable bonds is 5. The van der Waals surface area contributed by atoms with Gasteiger partial charge in [-0.25, -0.2) is 9.48 Å². The molecular formula is C26H24ClN3O4. The van der Waals surface area contributed by atoms with Crippen LogP contribution in [0.2, 0.25) is 5.02 Å². The maximum absolute atomic E-state index is 13.0. The Balaban J connectivity index is 2.01. The summed E-state index contributed by atoms with van der Waals surface area (Å²) in [6.07, 6.45) is 1.83. The van der Waals surface area contributed by atoms with Crippen LogP contribution in [0.25, 0.3) is 16.9 Å². The van der Waals surface area contributed by atoms with Gasteiger partial charge in [0.25, 0.3) is 0 Å². The molecule has 2 unspecified atom stereocenters. The Morgan fingerprint density at radius 1 is 1.06 bits per heavy atom. The Morgan fingerprint density at radius 3 is 2.35 bits per heavy atom. The van der Waals surface area contributed by atoms with Crippen molar-refractivity contribution in [3.05, 3.63) is 94.9 Å². The van der Waals surface area contributed by atoms with Gasteiger partial charge in [0.15, 0.2) is 0 Å². The molecule has 0 saturated carbocycles. The molecule has 2 heterocycles. The molecule has 7 nitrogen and oxygen atoms in total. The number of aromatic nitrogens is 2. The van der Waals surface area contributed by atoms with Crippen LogP contribution in [0.1, 0.15) is 18.4 Å². The molecule has 1 N–H and O–H groups in total. The normalized spacial score (nSPS) is 17.8. The van der Waals surface area contributed by atoms with E-state index in [-0.39, 0.29) is 0 Å². The van der Waals surface area contributed by atoms with Gasteiger partial charge in [0.05, 0.1) is 31.2 Å². The number of benzene rings is 2. The van der Waals surface area contributed by atoms with Gasteiger partial charge in [-0.05, 0) is 31.2 Å². The second kappa shape index (κ2) is 9.57. The Labute approximate surface area is 202 Å². The number of carbonyl (C=O) groups excluding carboxylic acids is 2. The molecule has 8 heteroatoms. The minimum Gasteiger partial charge on any atom is -0.468 e. The van der Waals surface area contributed by atoms with E-state index < -0.39 is 23.8 Å². The summed E-state index contributed by atoms with van der Waals surface area (Å²) in [5.74, 6) is -2.68. The van der Waals surface area contributed by atoms with E-state index in [1.165, 1.54) is 14.2 Å². The summed E-state index contributed by atoms with van der Waals surface area (Å²) in [6.45, 7) is 5.80. The lowest BCUT2D eigenvalue weighted by molar-refractivity contribution is -0.145. The third kappa shape index (κ3) is 4.22. The maximum atomic E-state index is 13.0. The lowest BCUT2D eigenvalue weighted by atomic mass is 9.75. The highest BCUT2D eigenvalue weighted by molar-refractivity contribution is 6.30. The number of methoxy groups -OCH3 is 2. The lowest BCUT2D eigenvalue weighted by Crippen LogP contribution is -2.39. The first kappa shape index (κ1) is 23.3. The van der Waals surface area contributed by atoms with Crippen LogP contribution < -0.4 is 5.32 Å². The van der Waals surface area contributed by atoms with Gasteiger partial charge in [-0.1, -0.05) is 48.5 Å². The Morgan fingerprint density at radius 2 is 1.74 bits per heavy atom. The fourth-order valence-corrected chi connectivity index (χ4v) is 4.40. The van der Waals surface area contributed by atoms with Crippen molar-refractivity contribution in [2.24, 2.45) is 5.92 Å². The smallest absolute Gasteiger partial charge is 0.336 e. The van der Waals surface area contributed by atoms with E-state index in [1.807, 2.05) is 48.7 Å². The first-order chi connectivity index (χ1) is 16.3. The molecule has 0 saturated heterocycles. The molecule has 1 aromatic heterocycles. The number of nitrogens with one attached hydrogen (secondary N) is 1. The van der Waals surface area contributed by atoms with Crippen LogP contribution in [-0.4, -0.2) is 35.9 Å². The first-order valence-electron chi connectivity index (χ1n) is 10.6. The molecule has 174 valence electrons. The van der Waals surface area contributed by atoms with Crippen molar-refractivity contribution in [2.75, 3.05) is 14.2 Å². The average molecular weight is 478 g/mol. The molecule has 1 aliphatic rings. The average Bonchev–Trinajstić information content (AvgIpc) is 3.29. The SMILES string of the molecule is C=C1NC(C)=C(C(=O)OC)C(c2cn(-c3ccccc3)nc2-c2ccc(Cl)cc2)C1C(=O)OC. The largest absolute Gasteiger partial charge is 0.468 e. The third-order valence-electron chi connectivity index (χ3n) is 5.85. The molecule has 0 fully saturated rings. The van der Waals surface area contributed by atoms with Gasteiger partial charge in [0.1, 0.15) is 5.92 Å². The van der Waals surface area contributed by atoms with Gasteiger partial charge >= 0.3 is 11.9 Å². The standard InChI is InChI=1S/C26H24ClN3O4/c1-15-21(25(31)33-3)23(22(16(2)28-15)26(32)34-4)20-14-30(19-8-6-5-7-9-19)29-24(20)17-10-12-18(27)13-11-17/h5-14,21,23,28H,1H2,2-4H3. The molecular weight excluding hydrogens is 454 g/mol. The fraction of sp³-hybridized carbons (Fsp3) is 0.192. The van der Waals surface area contributed by atoms with Gasteiger partial charge in [-0.3, -0.25) is 4.79 Å². The fourth-order valence-electron chi connectivity index (χ4n) is 4.28. The van der Waals surface area contributed by atoms with Crippen LogP contribution >= 0.6 is 11.6 Å². The summed E-state index contributed by atoms with van der Waals surface area (Å²) in [6, 6.07) is 16.8. The number of carbonyl (C=O) groups is 2. The molecule has 0 bridgehead atoms. The van der Waals surface area contributed by atoms with E-state index in [0.29, 0.717) is 33.2 Å². The second-order valence-corrected chi connectivity index (χ2v) is 8.32. The minimum absolute atomic E-state index is 0.313. The number of hydrogen-bond donors (Lipinski definition) is 1.